The topological polar surface area (TPSA) is 98.2 Å². The van der Waals surface area contributed by atoms with Gasteiger partial charge < -0.3 is 13.9 Å². The highest BCUT2D eigenvalue weighted by Crippen LogP contribution is 2.36. The molecular weight excluding hydrogens is 353 g/mol. The van der Waals surface area contributed by atoms with Crippen LogP contribution in [0.5, 0.6) is 0 Å². The van der Waals surface area contributed by atoms with Crippen LogP contribution < -0.4 is 0 Å². The SMILES string of the molecule is Cc1noc(C)c1C(=O)N1CCCC(F)(c2nc(-c3cccnc3)no2)C1. The average molecular weight is 371 g/mol. The highest BCUT2D eigenvalue weighted by atomic mass is 19.1. The Morgan fingerprint density at radius 3 is 2.85 bits per heavy atom. The minimum absolute atomic E-state index is 0.127. The fraction of sp³-hybridized carbons (Fsp3) is 0.389. The molecule has 140 valence electrons. The van der Waals surface area contributed by atoms with Crippen LogP contribution in [0, 0.1) is 13.8 Å². The van der Waals surface area contributed by atoms with Crippen LogP contribution in [0.4, 0.5) is 4.39 Å². The number of rotatable bonds is 3. The molecule has 1 saturated heterocycles. The largest absolute Gasteiger partial charge is 0.361 e. The molecule has 3 aromatic rings. The van der Waals surface area contributed by atoms with E-state index in [4.69, 9.17) is 9.05 Å². The lowest BCUT2D eigenvalue weighted by Crippen LogP contribution is -2.46. The fourth-order valence-corrected chi connectivity index (χ4v) is 3.32. The quantitative estimate of drug-likeness (QED) is 0.698. The van der Waals surface area contributed by atoms with Crippen LogP contribution in [-0.2, 0) is 5.67 Å². The van der Waals surface area contributed by atoms with E-state index < -0.39 is 5.67 Å². The van der Waals surface area contributed by atoms with Gasteiger partial charge in [-0.3, -0.25) is 9.78 Å². The van der Waals surface area contributed by atoms with Gasteiger partial charge in [0, 0.05) is 24.5 Å². The molecule has 1 aliphatic heterocycles. The van der Waals surface area contributed by atoms with Crippen LogP contribution in [0.3, 0.4) is 0 Å². The number of alkyl halides is 1. The Bertz CT molecular complexity index is 951. The predicted octanol–water partition coefficient (Wildman–Crippen LogP) is 2.84. The number of carbonyl (C=O) groups is 1. The summed E-state index contributed by atoms with van der Waals surface area (Å²) in [6.45, 7) is 3.63. The van der Waals surface area contributed by atoms with Gasteiger partial charge in [0.15, 0.2) is 0 Å². The number of carbonyl (C=O) groups excluding carboxylic acids is 1. The first-order valence-corrected chi connectivity index (χ1v) is 8.63. The Balaban J connectivity index is 1.59. The predicted molar refractivity (Wildman–Crippen MR) is 91.4 cm³/mol. The smallest absolute Gasteiger partial charge is 0.266 e. The van der Waals surface area contributed by atoms with Crippen LogP contribution in [-0.4, -0.2) is 44.2 Å². The van der Waals surface area contributed by atoms with Crippen molar-refractivity contribution in [2.24, 2.45) is 0 Å². The summed E-state index contributed by atoms with van der Waals surface area (Å²) >= 11 is 0. The molecule has 4 rings (SSSR count). The summed E-state index contributed by atoms with van der Waals surface area (Å²) in [6, 6.07) is 3.50. The molecule has 9 heteroatoms. The lowest BCUT2D eigenvalue weighted by atomic mass is 9.94. The van der Waals surface area contributed by atoms with Crippen molar-refractivity contribution in [3.05, 3.63) is 47.4 Å². The van der Waals surface area contributed by atoms with E-state index in [9.17, 15) is 4.79 Å². The number of likely N-dealkylation sites (tertiary alicyclic amines) is 1. The van der Waals surface area contributed by atoms with Gasteiger partial charge in [-0.05, 0) is 38.8 Å². The van der Waals surface area contributed by atoms with Crippen LogP contribution in [0.1, 0.15) is 40.5 Å². The number of piperidine rings is 1. The number of hydrogen-bond acceptors (Lipinski definition) is 7. The Kier molecular flexibility index (Phi) is 4.21. The summed E-state index contributed by atoms with van der Waals surface area (Å²) in [5.74, 6) is 0.256. The van der Waals surface area contributed by atoms with E-state index in [2.05, 4.69) is 20.3 Å². The zero-order valence-electron chi connectivity index (χ0n) is 15.0. The molecule has 0 aromatic carbocycles. The molecule has 8 nitrogen and oxygen atoms in total. The van der Waals surface area contributed by atoms with Crippen molar-refractivity contribution in [2.75, 3.05) is 13.1 Å². The minimum Gasteiger partial charge on any atom is -0.361 e. The van der Waals surface area contributed by atoms with E-state index >= 15 is 4.39 Å². The van der Waals surface area contributed by atoms with Gasteiger partial charge in [0.25, 0.3) is 11.8 Å². The number of halogens is 1. The number of hydrogen-bond donors (Lipinski definition) is 0. The fourth-order valence-electron chi connectivity index (χ4n) is 3.32. The lowest BCUT2D eigenvalue weighted by Gasteiger charge is -2.35. The van der Waals surface area contributed by atoms with Gasteiger partial charge in [0.2, 0.25) is 11.5 Å². The molecule has 1 fully saturated rings. The summed E-state index contributed by atoms with van der Waals surface area (Å²) < 4.78 is 25.9. The first-order chi connectivity index (χ1) is 13.0. The van der Waals surface area contributed by atoms with Crippen molar-refractivity contribution in [1.29, 1.82) is 0 Å². The van der Waals surface area contributed by atoms with Gasteiger partial charge in [-0.25, -0.2) is 4.39 Å². The third kappa shape index (κ3) is 3.09. The van der Waals surface area contributed by atoms with E-state index in [1.807, 2.05) is 0 Å². The number of aryl methyl sites for hydroxylation is 2. The molecule has 0 aliphatic carbocycles. The number of amides is 1. The van der Waals surface area contributed by atoms with Gasteiger partial charge in [0.1, 0.15) is 11.3 Å². The molecule has 0 radical (unpaired) electrons. The lowest BCUT2D eigenvalue weighted by molar-refractivity contribution is 0.0151. The molecule has 4 heterocycles. The summed E-state index contributed by atoms with van der Waals surface area (Å²) in [4.78, 5) is 22.5. The standard InChI is InChI=1S/C18H18FN5O3/c1-11-14(12(2)26-22-11)16(25)24-8-4-6-18(19,10-24)17-21-15(23-27-17)13-5-3-7-20-9-13/h3,5,7,9H,4,6,8,10H2,1-2H3. The van der Waals surface area contributed by atoms with Gasteiger partial charge in [-0.2, -0.15) is 4.98 Å². The van der Waals surface area contributed by atoms with Crippen molar-refractivity contribution >= 4 is 5.91 Å². The van der Waals surface area contributed by atoms with E-state index in [-0.39, 0.29) is 30.6 Å². The van der Waals surface area contributed by atoms with Crippen molar-refractivity contribution in [3.63, 3.8) is 0 Å². The van der Waals surface area contributed by atoms with Crippen LogP contribution in [0.2, 0.25) is 0 Å². The Hall–Kier alpha value is -3.10. The minimum atomic E-state index is -1.90. The van der Waals surface area contributed by atoms with Gasteiger partial charge in [-0.1, -0.05) is 10.3 Å². The second-order valence-corrected chi connectivity index (χ2v) is 6.66. The van der Waals surface area contributed by atoms with Crippen LogP contribution >= 0.6 is 0 Å². The van der Waals surface area contributed by atoms with Crippen molar-refractivity contribution in [1.82, 2.24) is 25.2 Å². The maximum atomic E-state index is 15.6. The Morgan fingerprint density at radius 2 is 2.15 bits per heavy atom. The third-order valence-electron chi connectivity index (χ3n) is 4.71. The molecule has 27 heavy (non-hydrogen) atoms. The molecule has 3 aromatic heterocycles. The van der Waals surface area contributed by atoms with Gasteiger partial charge in [0.05, 0.1) is 12.2 Å². The molecule has 0 N–H and O–H groups in total. The molecule has 1 aliphatic rings. The van der Waals surface area contributed by atoms with E-state index in [0.29, 0.717) is 35.5 Å². The number of nitrogens with zero attached hydrogens (tertiary/aromatic N) is 5. The maximum absolute atomic E-state index is 15.6. The zero-order chi connectivity index (χ0) is 19.0. The first-order valence-electron chi connectivity index (χ1n) is 8.63. The molecule has 0 saturated carbocycles. The van der Waals surface area contributed by atoms with Crippen molar-refractivity contribution < 1.29 is 18.2 Å². The van der Waals surface area contributed by atoms with Crippen LogP contribution in [0.25, 0.3) is 11.4 Å². The van der Waals surface area contributed by atoms with E-state index in [1.54, 1.807) is 38.4 Å². The van der Waals surface area contributed by atoms with Crippen LogP contribution in [0.15, 0.2) is 33.6 Å². The monoisotopic (exact) mass is 371 g/mol. The second kappa shape index (κ2) is 6.57. The summed E-state index contributed by atoms with van der Waals surface area (Å²) in [7, 11) is 0. The molecule has 0 bridgehead atoms. The van der Waals surface area contributed by atoms with Crippen molar-refractivity contribution in [2.45, 2.75) is 32.4 Å². The third-order valence-corrected chi connectivity index (χ3v) is 4.71. The summed E-state index contributed by atoms with van der Waals surface area (Å²) in [5, 5.41) is 7.66. The molecule has 1 unspecified atom stereocenters. The highest BCUT2D eigenvalue weighted by molar-refractivity contribution is 5.96. The molecule has 0 spiro atoms. The second-order valence-electron chi connectivity index (χ2n) is 6.66. The summed E-state index contributed by atoms with van der Waals surface area (Å²) in [5.41, 5.74) is -0.402. The van der Waals surface area contributed by atoms with Gasteiger partial charge >= 0.3 is 0 Å². The molecule has 1 atom stereocenters. The molecule has 1 amide bonds. The summed E-state index contributed by atoms with van der Waals surface area (Å²) in [6.07, 6.45) is 3.89. The van der Waals surface area contributed by atoms with Crippen molar-refractivity contribution in [3.8, 4) is 11.4 Å². The normalized spacial score (nSPS) is 20.0. The highest BCUT2D eigenvalue weighted by Gasteiger charge is 2.44. The van der Waals surface area contributed by atoms with Gasteiger partial charge in [-0.15, -0.1) is 0 Å². The number of aromatic nitrogens is 4. The Morgan fingerprint density at radius 1 is 1.30 bits per heavy atom. The maximum Gasteiger partial charge on any atom is 0.266 e. The van der Waals surface area contributed by atoms with E-state index in [0.717, 1.165) is 0 Å². The van der Waals surface area contributed by atoms with E-state index in [1.165, 1.54) is 4.90 Å². The Labute approximate surface area is 154 Å². The zero-order valence-corrected chi connectivity index (χ0v) is 15.0. The number of pyridine rings is 1. The first kappa shape index (κ1) is 17.3. The average Bonchev–Trinajstić information content (AvgIpc) is 3.30. The molecular formula is C18H18FN5O3.